The zero-order valence-electron chi connectivity index (χ0n) is 67.5. The van der Waals surface area contributed by atoms with Crippen LogP contribution in [-0.4, -0.2) is 87.4 Å². The van der Waals surface area contributed by atoms with Crippen LogP contribution in [0.15, 0.2) is 122 Å². The number of ether oxygens (including phenoxy) is 4. The third-order valence-corrected chi connectivity index (χ3v) is 19.0. The molecule has 0 saturated carbocycles. The van der Waals surface area contributed by atoms with Crippen LogP contribution in [-0.2, 0) is 33.3 Å². The van der Waals surface area contributed by atoms with Gasteiger partial charge in [0.25, 0.3) is 6.29 Å². The van der Waals surface area contributed by atoms with Crippen LogP contribution in [0.3, 0.4) is 0 Å². The lowest BCUT2D eigenvalue weighted by molar-refractivity contribution is -0.870. The number of carboxylic acids is 1. The Morgan fingerprint density at radius 2 is 0.559 bits per heavy atom. The summed E-state index contributed by atoms with van der Waals surface area (Å²) in [5.41, 5.74) is 0. The molecule has 0 bridgehead atoms. The molecule has 9 nitrogen and oxygen atoms in total. The average Bonchev–Trinajstić information content (AvgIpc) is 1.02. The van der Waals surface area contributed by atoms with Gasteiger partial charge in [-0.3, -0.25) is 9.59 Å². The quantitative estimate of drug-likeness (QED) is 0.0211. The predicted molar refractivity (Wildman–Crippen MR) is 442 cm³/mol. The standard InChI is InChI=1S/C93H163NO8/c1-6-8-10-12-14-16-18-20-22-24-26-28-30-32-34-36-38-40-42-44-45-46-48-49-51-53-55-57-59-61-63-65-67-69-71-73-75-77-79-81-83-90(95)100-87-89(88-101-93(92(97)98)99-86-85-94(3,4)5)102-91(96)84-82-80-78-76-74-72-70-68-66-64-62-60-58-56-54-52-50-47-43-41-39-37-35-33-31-29-27-25-23-21-19-17-15-13-11-9-7-2/h9,11,15,17,21,23,27,29,33,35,39,41,47,50,54,56,60,62,66,68,89,93H,6-8,10,12-14,16,18-20,22,24-26,28,30-32,34,36-38,40,42-46,48-49,51-53,55,57-59,61,63-65,67,69-88H2,1-5H3/p+1/b11-9-,17-15-,23-21-,29-27-,35-33-,41-39-,50-47-,56-54-,62-60-,68-66-. The van der Waals surface area contributed by atoms with Crippen molar-refractivity contribution in [1.82, 2.24) is 0 Å². The largest absolute Gasteiger partial charge is 0.477 e. The smallest absolute Gasteiger partial charge is 0.361 e. The highest BCUT2D eigenvalue weighted by Gasteiger charge is 2.25. The third-order valence-electron chi connectivity index (χ3n) is 19.0. The number of hydrogen-bond acceptors (Lipinski definition) is 7. The number of allylic oxidation sites excluding steroid dienone is 20. The molecule has 0 aromatic carbocycles. The fourth-order valence-corrected chi connectivity index (χ4v) is 12.5. The number of rotatable bonds is 80. The van der Waals surface area contributed by atoms with E-state index in [1.807, 2.05) is 21.1 Å². The Bertz CT molecular complexity index is 2100. The van der Waals surface area contributed by atoms with Gasteiger partial charge in [0.15, 0.2) is 6.10 Å². The molecule has 0 aromatic rings. The topological polar surface area (TPSA) is 108 Å². The Morgan fingerprint density at radius 3 is 0.833 bits per heavy atom. The van der Waals surface area contributed by atoms with E-state index in [1.165, 1.54) is 238 Å². The number of esters is 2. The predicted octanol–water partition coefficient (Wildman–Crippen LogP) is 28.2. The molecule has 0 spiro atoms. The third kappa shape index (κ3) is 83.0. The second kappa shape index (κ2) is 82.3. The van der Waals surface area contributed by atoms with Crippen LogP contribution in [0.1, 0.15) is 393 Å². The molecule has 0 radical (unpaired) electrons. The lowest BCUT2D eigenvalue weighted by Crippen LogP contribution is -2.40. The molecular formula is C93H164NO8+. The minimum absolute atomic E-state index is 0.180. The van der Waals surface area contributed by atoms with Crippen LogP contribution in [0, 0.1) is 0 Å². The van der Waals surface area contributed by atoms with E-state index < -0.39 is 24.3 Å². The number of likely N-dealkylation sites (N-methyl/N-ethyl adjacent to an activating group) is 1. The Hall–Kier alpha value is -4.31. The van der Waals surface area contributed by atoms with Crippen molar-refractivity contribution in [2.45, 2.75) is 405 Å². The SMILES string of the molecule is CC/C=C\C/C=C\C/C=C\C/C=C\C/C=C\C/C=C\C/C=C\C/C=C\C/C=C\C/C=C\CCCCCCCCC(=O)OC(COC(=O)CCCCCCCCCCCCCCCCCCCCCCCCCCCCCCCCCCCCCCCCCC)COC(OCC[N+](C)(C)C)C(=O)O. The maximum Gasteiger partial charge on any atom is 0.361 e. The lowest BCUT2D eigenvalue weighted by Gasteiger charge is -2.25. The van der Waals surface area contributed by atoms with Gasteiger partial charge in [0.1, 0.15) is 13.2 Å². The number of unbranched alkanes of at least 4 members (excludes halogenated alkanes) is 45. The summed E-state index contributed by atoms with van der Waals surface area (Å²) in [6.45, 7) is 4.79. The van der Waals surface area contributed by atoms with Crippen molar-refractivity contribution in [3.63, 3.8) is 0 Å². The number of carbonyl (C=O) groups excluding carboxylic acids is 2. The first kappa shape index (κ1) is 97.7. The summed E-state index contributed by atoms with van der Waals surface area (Å²) < 4.78 is 23.0. The first-order valence-electron chi connectivity index (χ1n) is 43.2. The van der Waals surface area contributed by atoms with E-state index in [4.69, 9.17) is 18.9 Å². The second-order valence-electron chi connectivity index (χ2n) is 30.1. The van der Waals surface area contributed by atoms with E-state index in [1.54, 1.807) is 0 Å². The van der Waals surface area contributed by atoms with E-state index in [0.29, 0.717) is 23.9 Å². The van der Waals surface area contributed by atoms with Crippen molar-refractivity contribution in [2.24, 2.45) is 0 Å². The van der Waals surface area contributed by atoms with Crippen molar-refractivity contribution >= 4 is 17.9 Å². The number of aliphatic carboxylic acids is 1. The van der Waals surface area contributed by atoms with Crippen molar-refractivity contribution in [2.75, 3.05) is 47.5 Å². The first-order valence-corrected chi connectivity index (χ1v) is 43.2. The summed E-state index contributed by atoms with van der Waals surface area (Å²) in [6.07, 6.45) is 115. The van der Waals surface area contributed by atoms with Gasteiger partial charge in [0.05, 0.1) is 34.4 Å². The maximum absolute atomic E-state index is 13.0. The summed E-state index contributed by atoms with van der Waals surface area (Å²) in [7, 11) is 5.98. The van der Waals surface area contributed by atoms with E-state index in [9.17, 15) is 19.5 Å². The van der Waals surface area contributed by atoms with Crippen LogP contribution in [0.4, 0.5) is 0 Å². The van der Waals surface area contributed by atoms with Gasteiger partial charge >= 0.3 is 17.9 Å². The molecule has 0 aromatic heterocycles. The Labute approximate surface area is 631 Å². The van der Waals surface area contributed by atoms with Gasteiger partial charge in [-0.15, -0.1) is 0 Å². The number of carbonyl (C=O) groups is 3. The van der Waals surface area contributed by atoms with E-state index in [2.05, 4.69) is 135 Å². The molecule has 1 N–H and O–H groups in total. The Morgan fingerprint density at radius 1 is 0.304 bits per heavy atom. The van der Waals surface area contributed by atoms with Crippen LogP contribution in [0.5, 0.6) is 0 Å². The highest BCUT2D eigenvalue weighted by molar-refractivity contribution is 5.71. The molecule has 9 heteroatoms. The molecule has 588 valence electrons. The Balaban J connectivity index is 4.02. The molecule has 0 rings (SSSR count). The van der Waals surface area contributed by atoms with Crippen LogP contribution in [0.25, 0.3) is 0 Å². The van der Waals surface area contributed by atoms with Crippen molar-refractivity contribution in [3.05, 3.63) is 122 Å². The monoisotopic (exact) mass is 1420 g/mol. The summed E-state index contributed by atoms with van der Waals surface area (Å²) >= 11 is 0. The van der Waals surface area contributed by atoms with Gasteiger partial charge in [0, 0.05) is 12.8 Å². The van der Waals surface area contributed by atoms with Crippen molar-refractivity contribution in [1.29, 1.82) is 0 Å². The highest BCUT2D eigenvalue weighted by Crippen LogP contribution is 2.20. The highest BCUT2D eigenvalue weighted by atomic mass is 16.7. The van der Waals surface area contributed by atoms with Gasteiger partial charge < -0.3 is 28.5 Å². The summed E-state index contributed by atoms with van der Waals surface area (Å²) in [4.78, 5) is 37.8. The van der Waals surface area contributed by atoms with Crippen LogP contribution < -0.4 is 0 Å². The molecule has 0 saturated heterocycles. The maximum atomic E-state index is 13.0. The minimum Gasteiger partial charge on any atom is -0.477 e. The van der Waals surface area contributed by atoms with Gasteiger partial charge in [-0.1, -0.05) is 411 Å². The molecular weight excluding hydrogens is 1260 g/mol. The van der Waals surface area contributed by atoms with Gasteiger partial charge in [-0.25, -0.2) is 4.79 Å². The summed E-state index contributed by atoms with van der Waals surface area (Å²) in [5.74, 6) is -2.02. The normalized spacial score (nSPS) is 13.2. The molecule has 102 heavy (non-hydrogen) atoms. The number of hydrogen-bond donors (Lipinski definition) is 1. The van der Waals surface area contributed by atoms with Crippen molar-refractivity contribution < 1.29 is 42.9 Å². The molecule has 0 heterocycles. The molecule has 2 atom stereocenters. The molecule has 0 amide bonds. The van der Waals surface area contributed by atoms with E-state index >= 15 is 0 Å². The minimum atomic E-state index is -1.52. The van der Waals surface area contributed by atoms with Crippen molar-refractivity contribution in [3.8, 4) is 0 Å². The van der Waals surface area contributed by atoms with Crippen LogP contribution >= 0.6 is 0 Å². The summed E-state index contributed by atoms with van der Waals surface area (Å²) in [5, 5.41) is 9.78. The van der Waals surface area contributed by atoms with Gasteiger partial charge in [0.2, 0.25) is 0 Å². The molecule has 0 aliphatic carbocycles. The lowest BCUT2D eigenvalue weighted by atomic mass is 10.0. The summed E-state index contributed by atoms with van der Waals surface area (Å²) in [6, 6.07) is 0. The first-order chi connectivity index (χ1) is 50.1. The number of quaternary nitrogens is 1. The fourth-order valence-electron chi connectivity index (χ4n) is 12.5. The van der Waals surface area contributed by atoms with E-state index in [0.717, 1.165) is 122 Å². The second-order valence-corrected chi connectivity index (χ2v) is 30.1. The van der Waals surface area contributed by atoms with Gasteiger partial charge in [-0.05, 0) is 89.9 Å². The molecule has 2 unspecified atom stereocenters. The average molecular weight is 1420 g/mol. The zero-order valence-corrected chi connectivity index (χ0v) is 67.5. The molecule has 0 aliphatic rings. The number of carboxylic acid groups (broad SMARTS) is 1. The van der Waals surface area contributed by atoms with Gasteiger partial charge in [-0.2, -0.15) is 0 Å². The fraction of sp³-hybridized carbons (Fsp3) is 0.753. The Kier molecular flexibility index (Phi) is 78.9. The number of nitrogens with zero attached hydrogens (tertiary/aromatic N) is 1. The molecule has 0 fully saturated rings. The van der Waals surface area contributed by atoms with E-state index in [-0.39, 0.29) is 32.2 Å². The van der Waals surface area contributed by atoms with Crippen LogP contribution in [0.2, 0.25) is 0 Å². The zero-order chi connectivity index (χ0) is 73.9. The molecule has 0 aliphatic heterocycles.